The van der Waals surface area contributed by atoms with Crippen LogP contribution in [0.4, 0.5) is 0 Å². The normalized spacial score (nSPS) is 14.9. The topological polar surface area (TPSA) is 86.7 Å². The van der Waals surface area contributed by atoms with Gasteiger partial charge in [-0.2, -0.15) is 5.10 Å². The Hall–Kier alpha value is -3.80. The summed E-state index contributed by atoms with van der Waals surface area (Å²) in [5.41, 5.74) is 14.1. The Bertz CT molecular complexity index is 1390. The molecule has 7 rings (SSSR count). The lowest BCUT2D eigenvalue weighted by Gasteiger charge is -2.35. The van der Waals surface area contributed by atoms with Crippen LogP contribution in [0.15, 0.2) is 54.2 Å². The van der Waals surface area contributed by atoms with Gasteiger partial charge in [0.2, 0.25) is 5.91 Å². The van der Waals surface area contributed by atoms with Crippen LogP contribution in [0.5, 0.6) is 0 Å². The van der Waals surface area contributed by atoms with Crippen LogP contribution >= 0.6 is 0 Å². The molecule has 0 saturated heterocycles. The first-order valence-corrected chi connectivity index (χ1v) is 10.0. The molecule has 3 aromatic heterocycles. The van der Waals surface area contributed by atoms with Gasteiger partial charge in [-0.1, -0.05) is 17.7 Å². The van der Waals surface area contributed by atoms with E-state index in [0.717, 1.165) is 57.6 Å². The number of carbonyl (C=O) groups excluding carboxylic acids is 1. The fourth-order valence-corrected chi connectivity index (χ4v) is 4.55. The van der Waals surface area contributed by atoms with Crippen LogP contribution in [0, 0.1) is 6.92 Å². The summed E-state index contributed by atoms with van der Waals surface area (Å²) in [6.45, 7) is 1.99. The van der Waals surface area contributed by atoms with Crippen molar-refractivity contribution < 1.29 is 4.79 Å². The molecule has 2 bridgehead atoms. The molecule has 4 aromatic rings. The first-order chi connectivity index (χ1) is 14.6. The molecule has 146 valence electrons. The molecule has 0 unspecified atom stereocenters. The third-order valence-electron chi connectivity index (χ3n) is 6.06. The second-order valence-corrected chi connectivity index (χ2v) is 8.04. The maximum Gasteiger partial charge on any atom is 0.249 e. The third-order valence-corrected chi connectivity index (χ3v) is 6.06. The molecule has 2 N–H and O–H groups in total. The van der Waals surface area contributed by atoms with Crippen LogP contribution in [0.25, 0.3) is 39.5 Å². The average Bonchev–Trinajstić information content (AvgIpc) is 3.12. The molecule has 1 amide bonds. The van der Waals surface area contributed by atoms with E-state index in [2.05, 4.69) is 15.7 Å². The van der Waals surface area contributed by atoms with Gasteiger partial charge in [0.1, 0.15) is 5.69 Å². The van der Waals surface area contributed by atoms with Crippen molar-refractivity contribution in [3.8, 4) is 22.5 Å². The van der Waals surface area contributed by atoms with E-state index in [-0.39, 0.29) is 0 Å². The number of pyridine rings is 2. The van der Waals surface area contributed by atoms with Crippen molar-refractivity contribution in [1.82, 2.24) is 19.7 Å². The Morgan fingerprint density at radius 2 is 2.03 bits per heavy atom. The molecule has 5 heterocycles. The number of carbonyl (C=O) groups is 1. The lowest BCUT2D eigenvalue weighted by molar-refractivity contribution is 0.100. The predicted octanol–water partition coefficient (Wildman–Crippen LogP) is 4.30. The highest BCUT2D eigenvalue weighted by atomic mass is 16.1. The fraction of sp³-hybridized carbons (Fsp3) is 0.167. The lowest BCUT2D eigenvalue weighted by atomic mass is 9.82. The molecule has 30 heavy (non-hydrogen) atoms. The van der Waals surface area contributed by atoms with Crippen LogP contribution in [0.3, 0.4) is 0 Å². The maximum absolute atomic E-state index is 12.0. The van der Waals surface area contributed by atoms with E-state index >= 15 is 0 Å². The van der Waals surface area contributed by atoms with E-state index in [1.807, 2.05) is 43.3 Å². The molecule has 1 aromatic carbocycles. The van der Waals surface area contributed by atoms with E-state index in [0.29, 0.717) is 11.6 Å². The Kier molecular flexibility index (Phi) is 3.47. The summed E-state index contributed by atoms with van der Waals surface area (Å²) < 4.78 is 2.14. The van der Waals surface area contributed by atoms with E-state index in [9.17, 15) is 4.79 Å². The number of hydrogen-bond acceptors (Lipinski definition) is 4. The van der Waals surface area contributed by atoms with Crippen molar-refractivity contribution in [2.75, 3.05) is 0 Å². The van der Waals surface area contributed by atoms with E-state index < -0.39 is 5.91 Å². The Labute approximate surface area is 173 Å². The fourth-order valence-electron chi connectivity index (χ4n) is 4.55. The highest BCUT2D eigenvalue weighted by molar-refractivity contribution is 6.06. The summed E-state index contributed by atoms with van der Waals surface area (Å²) in [4.78, 5) is 21.1. The van der Waals surface area contributed by atoms with Crippen molar-refractivity contribution in [1.29, 1.82) is 0 Å². The van der Waals surface area contributed by atoms with Crippen LogP contribution in [-0.2, 0) is 0 Å². The molecule has 6 heteroatoms. The number of aryl methyl sites for hydroxylation is 1. The highest BCUT2D eigenvalue weighted by Crippen LogP contribution is 2.48. The molecular weight excluding hydrogens is 374 g/mol. The summed E-state index contributed by atoms with van der Waals surface area (Å²) in [5, 5.41) is 5.75. The van der Waals surface area contributed by atoms with Gasteiger partial charge >= 0.3 is 0 Å². The largest absolute Gasteiger partial charge is 0.366 e. The average molecular weight is 393 g/mol. The Morgan fingerprint density at radius 1 is 1.17 bits per heavy atom. The van der Waals surface area contributed by atoms with Gasteiger partial charge in [0, 0.05) is 22.8 Å². The standard InChI is InChI=1S/C24H19N5O/c1-13-3-2-4-20(27-13)23-22(21-11-14-9-16(10-14)29(21)28-23)15-5-6-19-18(12-15)17(24(25)30)7-8-26-19/h2-8,11-12,16H,9-10H2,1H3,(H2,25,30). The number of hydrogen-bond donors (Lipinski definition) is 1. The third kappa shape index (κ3) is 2.43. The molecule has 1 saturated carbocycles. The molecular formula is C24H19N5O. The molecule has 3 aliphatic rings. The van der Waals surface area contributed by atoms with Gasteiger partial charge in [0.15, 0.2) is 0 Å². The lowest BCUT2D eigenvalue weighted by Crippen LogP contribution is -2.25. The number of nitrogens with two attached hydrogens (primary N) is 1. The second-order valence-electron chi connectivity index (χ2n) is 8.04. The number of nitrogens with zero attached hydrogens (tertiary/aromatic N) is 4. The zero-order valence-corrected chi connectivity index (χ0v) is 16.5. The maximum atomic E-state index is 12.0. The number of aromatic nitrogens is 4. The Balaban J connectivity index is 1.64. The van der Waals surface area contributed by atoms with Crippen LogP contribution in [-0.4, -0.2) is 25.7 Å². The quantitative estimate of drug-likeness (QED) is 0.562. The van der Waals surface area contributed by atoms with Gasteiger partial charge in [-0.05, 0) is 61.7 Å². The highest BCUT2D eigenvalue weighted by Gasteiger charge is 2.35. The zero-order chi connectivity index (χ0) is 20.4. The Morgan fingerprint density at radius 3 is 2.83 bits per heavy atom. The van der Waals surface area contributed by atoms with Crippen LogP contribution < -0.4 is 5.73 Å². The number of fused-ring (bicyclic) bond motifs is 1. The number of primary amides is 1. The van der Waals surface area contributed by atoms with Crippen molar-refractivity contribution in [2.24, 2.45) is 5.73 Å². The van der Waals surface area contributed by atoms with E-state index in [1.54, 1.807) is 12.3 Å². The predicted molar refractivity (Wildman–Crippen MR) is 116 cm³/mol. The monoisotopic (exact) mass is 393 g/mol. The van der Waals surface area contributed by atoms with Crippen molar-refractivity contribution in [3.63, 3.8) is 0 Å². The first kappa shape index (κ1) is 17.1. The minimum atomic E-state index is -0.458. The molecule has 1 aliphatic carbocycles. The van der Waals surface area contributed by atoms with E-state index in [4.69, 9.17) is 15.8 Å². The van der Waals surface area contributed by atoms with Gasteiger partial charge in [-0.3, -0.25) is 19.4 Å². The minimum Gasteiger partial charge on any atom is -0.366 e. The summed E-state index contributed by atoms with van der Waals surface area (Å²) in [6.07, 6.45) is 6.01. The number of rotatable bonds is 3. The molecule has 0 atom stereocenters. The SMILES string of the molecule is Cc1cccc(-c2nn3c(c2-c2ccc4nccc(C(N)=O)c4c2)C=C2CC3C2)n1. The van der Waals surface area contributed by atoms with Gasteiger partial charge < -0.3 is 5.73 Å². The smallest absolute Gasteiger partial charge is 0.249 e. The summed E-state index contributed by atoms with van der Waals surface area (Å²) in [7, 11) is 0. The molecule has 1 fully saturated rings. The van der Waals surface area contributed by atoms with Gasteiger partial charge in [0.05, 0.1) is 28.5 Å². The number of benzene rings is 1. The number of amides is 1. The molecule has 0 radical (unpaired) electrons. The summed E-state index contributed by atoms with van der Waals surface area (Å²) in [5.74, 6) is -0.458. The summed E-state index contributed by atoms with van der Waals surface area (Å²) >= 11 is 0. The van der Waals surface area contributed by atoms with Crippen LogP contribution in [0.1, 0.15) is 40.6 Å². The first-order valence-electron chi connectivity index (χ1n) is 10.0. The molecule has 2 aliphatic heterocycles. The van der Waals surface area contributed by atoms with E-state index in [1.165, 1.54) is 5.57 Å². The van der Waals surface area contributed by atoms with Crippen molar-refractivity contribution in [3.05, 3.63) is 71.2 Å². The molecule has 0 spiro atoms. The van der Waals surface area contributed by atoms with Crippen molar-refractivity contribution >= 4 is 22.9 Å². The van der Waals surface area contributed by atoms with Gasteiger partial charge in [-0.25, -0.2) is 0 Å². The number of allylic oxidation sites excluding steroid dienone is 1. The summed E-state index contributed by atoms with van der Waals surface area (Å²) in [6, 6.07) is 14.1. The van der Waals surface area contributed by atoms with Crippen molar-refractivity contribution in [2.45, 2.75) is 25.8 Å². The molecule has 6 nitrogen and oxygen atoms in total. The van der Waals surface area contributed by atoms with Gasteiger partial charge in [-0.15, -0.1) is 0 Å². The van der Waals surface area contributed by atoms with Gasteiger partial charge in [0.25, 0.3) is 0 Å². The zero-order valence-electron chi connectivity index (χ0n) is 16.5. The minimum absolute atomic E-state index is 0.417. The van der Waals surface area contributed by atoms with Crippen LogP contribution in [0.2, 0.25) is 0 Å². The second kappa shape index (κ2) is 6.10.